The van der Waals surface area contributed by atoms with Gasteiger partial charge in [-0.2, -0.15) is 4.31 Å². The minimum Gasteiger partial charge on any atom is -0.496 e. The summed E-state index contributed by atoms with van der Waals surface area (Å²) in [5.74, 6) is 0.706. The first-order valence-corrected chi connectivity index (χ1v) is 9.82. The third-order valence-corrected chi connectivity index (χ3v) is 6.67. The molecule has 2 aromatic carbocycles. The van der Waals surface area contributed by atoms with Gasteiger partial charge in [0, 0.05) is 25.2 Å². The molecule has 3 rings (SSSR count). The topological polar surface area (TPSA) is 58.6 Å². The number of nitrogens with one attached hydrogen (secondary N) is 1. The van der Waals surface area contributed by atoms with Gasteiger partial charge >= 0.3 is 0 Å². The first-order valence-electron chi connectivity index (χ1n) is 8.38. The summed E-state index contributed by atoms with van der Waals surface area (Å²) in [5.41, 5.74) is 2.59. The van der Waals surface area contributed by atoms with E-state index in [4.69, 9.17) is 4.74 Å². The van der Waals surface area contributed by atoms with Crippen molar-refractivity contribution in [3.63, 3.8) is 0 Å². The summed E-state index contributed by atoms with van der Waals surface area (Å²) < 4.78 is 33.9. The molecule has 26 heavy (non-hydrogen) atoms. The summed E-state index contributed by atoms with van der Waals surface area (Å²) in [6.07, 6.45) is 0. The predicted molar refractivity (Wildman–Crippen MR) is 106 cm³/mol. The van der Waals surface area contributed by atoms with Crippen LogP contribution < -0.4 is 10.1 Å². The molecule has 0 aliphatic carbocycles. The predicted octanol–water partition coefficient (Wildman–Crippen LogP) is 3.07. The van der Waals surface area contributed by atoms with Gasteiger partial charge in [0.15, 0.2) is 0 Å². The molecule has 1 atom stereocenters. The van der Waals surface area contributed by atoms with E-state index in [-0.39, 0.29) is 18.4 Å². The molecule has 0 bridgehead atoms. The van der Waals surface area contributed by atoms with Gasteiger partial charge in [0.1, 0.15) is 5.75 Å². The average Bonchev–Trinajstić information content (AvgIpc) is 2.63. The third-order valence-electron chi connectivity index (χ3n) is 4.62. The second-order valence-electron chi connectivity index (χ2n) is 6.35. The van der Waals surface area contributed by atoms with Crippen LogP contribution in [0.1, 0.15) is 22.7 Å². The highest BCUT2D eigenvalue weighted by Crippen LogP contribution is 2.34. The van der Waals surface area contributed by atoms with Crippen LogP contribution in [0.25, 0.3) is 0 Å². The third kappa shape index (κ3) is 3.88. The van der Waals surface area contributed by atoms with E-state index in [0.29, 0.717) is 30.3 Å². The molecule has 0 radical (unpaired) electrons. The molecule has 1 saturated heterocycles. The highest BCUT2D eigenvalue weighted by atomic mass is 35.5. The van der Waals surface area contributed by atoms with Gasteiger partial charge in [-0.25, -0.2) is 8.42 Å². The van der Waals surface area contributed by atoms with Crippen LogP contribution in [0.3, 0.4) is 0 Å². The van der Waals surface area contributed by atoms with Gasteiger partial charge in [-0.3, -0.25) is 0 Å². The van der Waals surface area contributed by atoms with E-state index in [2.05, 4.69) is 5.32 Å². The number of rotatable bonds is 4. The number of piperazine rings is 1. The Balaban J connectivity index is 0.00000243. The number of hydrogen-bond donors (Lipinski definition) is 1. The molecule has 1 fully saturated rings. The van der Waals surface area contributed by atoms with Crippen LogP contribution in [-0.2, 0) is 10.0 Å². The maximum Gasteiger partial charge on any atom is 0.243 e. The molecule has 1 aliphatic rings. The molecular weight excluding hydrogens is 372 g/mol. The van der Waals surface area contributed by atoms with Crippen LogP contribution in [0.15, 0.2) is 47.4 Å². The normalized spacial score (nSPS) is 18.2. The lowest BCUT2D eigenvalue weighted by atomic mass is 10.0. The van der Waals surface area contributed by atoms with Crippen molar-refractivity contribution in [1.29, 1.82) is 0 Å². The van der Waals surface area contributed by atoms with Gasteiger partial charge < -0.3 is 10.1 Å². The van der Waals surface area contributed by atoms with E-state index in [9.17, 15) is 8.42 Å². The van der Waals surface area contributed by atoms with E-state index < -0.39 is 10.0 Å². The van der Waals surface area contributed by atoms with Crippen LogP contribution in [0.2, 0.25) is 0 Å². The maximum absolute atomic E-state index is 13.4. The minimum absolute atomic E-state index is 0. The Labute approximate surface area is 161 Å². The molecule has 1 N–H and O–H groups in total. The van der Waals surface area contributed by atoms with E-state index in [1.165, 1.54) is 0 Å². The number of aryl methyl sites for hydroxylation is 2. The van der Waals surface area contributed by atoms with Gasteiger partial charge in [0.25, 0.3) is 0 Å². The van der Waals surface area contributed by atoms with Gasteiger partial charge in [0.05, 0.1) is 18.0 Å². The molecule has 7 heteroatoms. The van der Waals surface area contributed by atoms with Crippen LogP contribution >= 0.6 is 12.4 Å². The number of methoxy groups -OCH3 is 1. The Bertz CT molecular complexity index is 871. The first-order chi connectivity index (χ1) is 11.9. The fraction of sp³-hybridized carbons (Fsp3) is 0.368. The molecule has 0 aromatic heterocycles. The van der Waals surface area contributed by atoms with Crippen molar-refractivity contribution in [2.75, 3.05) is 26.7 Å². The number of nitrogens with zero attached hydrogens (tertiary/aromatic N) is 1. The first kappa shape index (κ1) is 20.7. The molecule has 0 saturated carbocycles. The summed E-state index contributed by atoms with van der Waals surface area (Å²) in [7, 11) is -1.99. The van der Waals surface area contributed by atoms with Gasteiger partial charge in [-0.15, -0.1) is 12.4 Å². The Kier molecular flexibility index (Phi) is 6.69. The van der Waals surface area contributed by atoms with Crippen LogP contribution in [0.4, 0.5) is 0 Å². The van der Waals surface area contributed by atoms with Crippen LogP contribution in [0, 0.1) is 13.8 Å². The van der Waals surface area contributed by atoms with E-state index in [0.717, 1.165) is 16.7 Å². The summed E-state index contributed by atoms with van der Waals surface area (Å²) in [4.78, 5) is 0.384. The second kappa shape index (κ2) is 8.39. The van der Waals surface area contributed by atoms with E-state index >= 15 is 0 Å². The number of sulfonamides is 1. The number of para-hydroxylation sites is 1. The number of halogens is 1. The Morgan fingerprint density at radius 3 is 2.62 bits per heavy atom. The lowest BCUT2D eigenvalue weighted by Crippen LogP contribution is -2.48. The summed E-state index contributed by atoms with van der Waals surface area (Å²) in [6, 6.07) is 12.9. The SMILES string of the molecule is COc1ccccc1C1CNCCN1S(=O)(=O)c1cc(C)ccc1C.Cl. The highest BCUT2D eigenvalue weighted by Gasteiger charge is 2.36. The highest BCUT2D eigenvalue weighted by molar-refractivity contribution is 7.89. The molecule has 142 valence electrons. The lowest BCUT2D eigenvalue weighted by molar-refractivity contribution is 0.264. The Morgan fingerprint density at radius 2 is 1.88 bits per heavy atom. The number of hydrogen-bond acceptors (Lipinski definition) is 4. The zero-order valence-electron chi connectivity index (χ0n) is 15.2. The molecular formula is C19H25ClN2O3S. The summed E-state index contributed by atoms with van der Waals surface area (Å²) in [5, 5.41) is 3.30. The lowest BCUT2D eigenvalue weighted by Gasteiger charge is -2.36. The van der Waals surface area contributed by atoms with Gasteiger partial charge in [-0.05, 0) is 37.1 Å². The van der Waals surface area contributed by atoms with Crippen molar-refractivity contribution in [3.8, 4) is 5.75 Å². The molecule has 2 aromatic rings. The average molecular weight is 397 g/mol. The monoisotopic (exact) mass is 396 g/mol. The molecule has 1 unspecified atom stereocenters. The largest absolute Gasteiger partial charge is 0.496 e. The summed E-state index contributed by atoms with van der Waals surface area (Å²) in [6.45, 7) is 5.37. The fourth-order valence-corrected chi connectivity index (χ4v) is 5.21. The van der Waals surface area contributed by atoms with Gasteiger partial charge in [-0.1, -0.05) is 30.3 Å². The molecule has 0 spiro atoms. The number of ether oxygens (including phenoxy) is 1. The smallest absolute Gasteiger partial charge is 0.243 e. The van der Waals surface area contributed by atoms with E-state index in [1.54, 1.807) is 17.5 Å². The maximum atomic E-state index is 13.4. The number of benzene rings is 2. The van der Waals surface area contributed by atoms with Crippen molar-refractivity contribution < 1.29 is 13.2 Å². The molecule has 1 heterocycles. The van der Waals surface area contributed by atoms with Crippen molar-refractivity contribution in [3.05, 3.63) is 59.2 Å². The van der Waals surface area contributed by atoms with Crippen molar-refractivity contribution in [2.24, 2.45) is 0 Å². The fourth-order valence-electron chi connectivity index (χ4n) is 3.29. The second-order valence-corrected chi connectivity index (χ2v) is 8.21. The van der Waals surface area contributed by atoms with Crippen molar-refractivity contribution >= 4 is 22.4 Å². The van der Waals surface area contributed by atoms with Crippen LogP contribution in [-0.4, -0.2) is 39.5 Å². The summed E-state index contributed by atoms with van der Waals surface area (Å²) >= 11 is 0. The van der Waals surface area contributed by atoms with Gasteiger partial charge in [0.2, 0.25) is 10.0 Å². The Hall–Kier alpha value is -1.60. The quantitative estimate of drug-likeness (QED) is 0.862. The van der Waals surface area contributed by atoms with Crippen LogP contribution in [0.5, 0.6) is 5.75 Å². The minimum atomic E-state index is -3.60. The van der Waals surface area contributed by atoms with E-state index in [1.807, 2.05) is 50.2 Å². The van der Waals surface area contributed by atoms with Crippen molar-refractivity contribution in [2.45, 2.75) is 24.8 Å². The zero-order chi connectivity index (χ0) is 18.0. The molecule has 5 nitrogen and oxygen atoms in total. The zero-order valence-corrected chi connectivity index (χ0v) is 16.9. The molecule has 0 amide bonds. The molecule has 1 aliphatic heterocycles. The van der Waals surface area contributed by atoms with Crippen molar-refractivity contribution in [1.82, 2.24) is 9.62 Å². The standard InChI is InChI=1S/C19H24N2O3S.ClH/c1-14-8-9-15(2)19(12-14)25(22,23)21-11-10-20-13-17(21)16-6-4-5-7-18(16)24-3;/h4-9,12,17,20H,10-11,13H2,1-3H3;1H. The Morgan fingerprint density at radius 1 is 1.15 bits per heavy atom.